The first-order valence-electron chi connectivity index (χ1n) is 5.37. The molecule has 0 radical (unpaired) electrons. The molecular weight excluding hydrogens is 250 g/mol. The number of carbonyl (C=O) groups excluding carboxylic acids is 1. The molecule has 0 spiro atoms. The van der Waals surface area contributed by atoms with E-state index in [9.17, 15) is 9.90 Å². The highest BCUT2D eigenvalue weighted by Crippen LogP contribution is 2.23. The Morgan fingerprint density at radius 1 is 1.44 bits per heavy atom. The summed E-state index contributed by atoms with van der Waals surface area (Å²) in [6.07, 6.45) is 0. The maximum absolute atomic E-state index is 11.8. The molecule has 0 fully saturated rings. The van der Waals surface area contributed by atoms with Crippen LogP contribution in [0.15, 0.2) is 35.7 Å². The lowest BCUT2D eigenvalue weighted by atomic mass is 10.2. The second-order valence-corrected chi connectivity index (χ2v) is 4.56. The van der Waals surface area contributed by atoms with E-state index >= 15 is 0 Å². The molecule has 0 aliphatic carbocycles. The summed E-state index contributed by atoms with van der Waals surface area (Å²) >= 11 is 1.38. The summed E-state index contributed by atoms with van der Waals surface area (Å²) in [5.74, 6) is 0.450. The average molecular weight is 263 g/mol. The van der Waals surface area contributed by atoms with Gasteiger partial charge in [-0.2, -0.15) is 0 Å². The van der Waals surface area contributed by atoms with Gasteiger partial charge in [-0.1, -0.05) is 6.07 Å². The molecule has 5 heteroatoms. The number of thiophene rings is 1. The summed E-state index contributed by atoms with van der Waals surface area (Å²) in [7, 11) is 1.54. The van der Waals surface area contributed by atoms with Gasteiger partial charge in [-0.15, -0.1) is 11.3 Å². The van der Waals surface area contributed by atoms with E-state index in [2.05, 4.69) is 5.32 Å². The van der Waals surface area contributed by atoms with Gasteiger partial charge in [0.25, 0.3) is 5.91 Å². The monoisotopic (exact) mass is 263 g/mol. The highest BCUT2D eigenvalue weighted by atomic mass is 32.1. The fraction of sp³-hybridized carbons (Fsp3) is 0.154. The van der Waals surface area contributed by atoms with Crippen LogP contribution in [0, 0.1) is 0 Å². The third-order valence-corrected chi connectivity index (χ3v) is 3.32. The van der Waals surface area contributed by atoms with Crippen LogP contribution in [0.25, 0.3) is 0 Å². The number of rotatable bonds is 4. The minimum Gasteiger partial charge on any atom is -0.496 e. The zero-order chi connectivity index (χ0) is 13.0. The molecule has 1 heterocycles. The van der Waals surface area contributed by atoms with E-state index in [0.717, 1.165) is 0 Å². The Labute approximate surface area is 109 Å². The van der Waals surface area contributed by atoms with Crippen LogP contribution in [0.3, 0.4) is 0 Å². The number of hydrogen-bond donors (Lipinski definition) is 2. The average Bonchev–Trinajstić information content (AvgIpc) is 2.92. The van der Waals surface area contributed by atoms with E-state index in [1.807, 2.05) is 11.4 Å². The van der Waals surface area contributed by atoms with Crippen molar-refractivity contribution < 1.29 is 14.6 Å². The van der Waals surface area contributed by atoms with Gasteiger partial charge in [0.15, 0.2) is 0 Å². The number of hydrogen-bond acceptors (Lipinski definition) is 4. The largest absolute Gasteiger partial charge is 0.496 e. The van der Waals surface area contributed by atoms with Gasteiger partial charge in [-0.25, -0.2) is 0 Å². The third-order valence-electron chi connectivity index (χ3n) is 2.45. The fourth-order valence-electron chi connectivity index (χ4n) is 1.58. The summed E-state index contributed by atoms with van der Waals surface area (Å²) in [6.45, 7) is -0.133. The van der Waals surface area contributed by atoms with Crippen LogP contribution >= 0.6 is 11.3 Å². The summed E-state index contributed by atoms with van der Waals surface area (Å²) in [5.41, 5.74) is 1.28. The lowest BCUT2D eigenvalue weighted by molar-refractivity contribution is 0.103. The smallest absolute Gasteiger partial charge is 0.265 e. The van der Waals surface area contributed by atoms with E-state index in [4.69, 9.17) is 4.74 Å². The number of amides is 1. The van der Waals surface area contributed by atoms with Gasteiger partial charge in [0.2, 0.25) is 0 Å². The molecule has 94 valence electrons. The minimum atomic E-state index is -0.154. The number of aliphatic hydroxyl groups is 1. The molecule has 4 nitrogen and oxygen atoms in total. The van der Waals surface area contributed by atoms with Crippen molar-refractivity contribution in [3.63, 3.8) is 0 Å². The highest BCUT2D eigenvalue weighted by Gasteiger charge is 2.08. The Kier molecular flexibility index (Phi) is 3.96. The van der Waals surface area contributed by atoms with E-state index in [0.29, 0.717) is 21.9 Å². The van der Waals surface area contributed by atoms with Gasteiger partial charge in [0.1, 0.15) is 5.75 Å². The van der Waals surface area contributed by atoms with E-state index in [-0.39, 0.29) is 12.5 Å². The maximum atomic E-state index is 11.8. The van der Waals surface area contributed by atoms with Crippen LogP contribution in [0.1, 0.15) is 15.2 Å². The molecule has 0 unspecified atom stereocenters. The first-order valence-corrected chi connectivity index (χ1v) is 6.25. The molecule has 0 aliphatic heterocycles. The Morgan fingerprint density at radius 3 is 2.89 bits per heavy atom. The predicted octanol–water partition coefficient (Wildman–Crippen LogP) is 2.50. The molecule has 18 heavy (non-hydrogen) atoms. The number of methoxy groups -OCH3 is 1. The number of carbonyl (C=O) groups is 1. The van der Waals surface area contributed by atoms with Crippen LogP contribution in [0.2, 0.25) is 0 Å². The van der Waals surface area contributed by atoms with Crippen LogP contribution in [-0.4, -0.2) is 18.1 Å². The lowest BCUT2D eigenvalue weighted by Crippen LogP contribution is -2.10. The molecule has 0 saturated heterocycles. The third kappa shape index (κ3) is 2.69. The van der Waals surface area contributed by atoms with Crippen molar-refractivity contribution in [3.8, 4) is 5.75 Å². The van der Waals surface area contributed by atoms with Crippen molar-refractivity contribution in [2.45, 2.75) is 6.61 Å². The number of benzene rings is 1. The Hall–Kier alpha value is -1.85. The molecule has 2 aromatic rings. The van der Waals surface area contributed by atoms with Gasteiger partial charge >= 0.3 is 0 Å². The number of ether oxygens (including phenoxy) is 1. The topological polar surface area (TPSA) is 58.6 Å². The SMILES string of the molecule is COc1ccc(NC(=O)c2cccs2)cc1CO. The van der Waals surface area contributed by atoms with Crippen molar-refractivity contribution >= 4 is 22.9 Å². The van der Waals surface area contributed by atoms with Crippen LogP contribution < -0.4 is 10.1 Å². The van der Waals surface area contributed by atoms with Crippen molar-refractivity contribution in [1.82, 2.24) is 0 Å². The normalized spacial score (nSPS) is 10.1. The van der Waals surface area contributed by atoms with Crippen LogP contribution in [-0.2, 0) is 6.61 Å². The minimum absolute atomic E-state index is 0.133. The van der Waals surface area contributed by atoms with Gasteiger partial charge in [0.05, 0.1) is 18.6 Å². The summed E-state index contributed by atoms with van der Waals surface area (Å²) in [5, 5.41) is 13.8. The molecule has 2 N–H and O–H groups in total. The van der Waals surface area contributed by atoms with Gasteiger partial charge in [0, 0.05) is 11.3 Å². The first kappa shape index (κ1) is 12.6. The van der Waals surface area contributed by atoms with Crippen LogP contribution in [0.4, 0.5) is 5.69 Å². The van der Waals surface area contributed by atoms with Gasteiger partial charge < -0.3 is 15.2 Å². The zero-order valence-corrected chi connectivity index (χ0v) is 10.7. The fourth-order valence-corrected chi connectivity index (χ4v) is 2.20. The predicted molar refractivity (Wildman–Crippen MR) is 71.2 cm³/mol. The molecule has 0 saturated carbocycles. The molecule has 0 aliphatic rings. The molecule has 1 aromatic heterocycles. The lowest BCUT2D eigenvalue weighted by Gasteiger charge is -2.09. The summed E-state index contributed by atoms with van der Waals surface area (Å²) < 4.78 is 5.10. The van der Waals surface area contributed by atoms with Crippen molar-refractivity contribution in [3.05, 3.63) is 46.2 Å². The second kappa shape index (κ2) is 5.66. The first-order chi connectivity index (χ1) is 8.74. The van der Waals surface area contributed by atoms with E-state index in [1.54, 1.807) is 31.4 Å². The number of aliphatic hydroxyl groups excluding tert-OH is 1. The highest BCUT2D eigenvalue weighted by molar-refractivity contribution is 7.12. The Balaban J connectivity index is 2.17. The molecule has 1 aromatic carbocycles. The van der Waals surface area contributed by atoms with Gasteiger partial charge in [-0.3, -0.25) is 4.79 Å². The molecular formula is C13H13NO3S. The number of anilines is 1. The standard InChI is InChI=1S/C13H13NO3S/c1-17-11-5-4-10(7-9(11)8-15)14-13(16)12-3-2-6-18-12/h2-7,15H,8H2,1H3,(H,14,16). The molecule has 0 bridgehead atoms. The number of nitrogens with one attached hydrogen (secondary N) is 1. The quantitative estimate of drug-likeness (QED) is 0.891. The van der Waals surface area contributed by atoms with E-state index < -0.39 is 0 Å². The Morgan fingerprint density at radius 2 is 2.28 bits per heavy atom. The van der Waals surface area contributed by atoms with Crippen LogP contribution in [0.5, 0.6) is 5.75 Å². The second-order valence-electron chi connectivity index (χ2n) is 3.62. The van der Waals surface area contributed by atoms with Crippen molar-refractivity contribution in [2.75, 3.05) is 12.4 Å². The molecule has 1 amide bonds. The molecule has 0 atom stereocenters. The molecule has 2 rings (SSSR count). The van der Waals surface area contributed by atoms with Gasteiger partial charge in [-0.05, 0) is 29.6 Å². The van der Waals surface area contributed by atoms with Crippen molar-refractivity contribution in [1.29, 1.82) is 0 Å². The summed E-state index contributed by atoms with van der Waals surface area (Å²) in [6, 6.07) is 8.74. The zero-order valence-electron chi connectivity index (χ0n) is 9.84. The van der Waals surface area contributed by atoms with Crippen molar-refractivity contribution in [2.24, 2.45) is 0 Å². The van der Waals surface area contributed by atoms with E-state index in [1.165, 1.54) is 11.3 Å². The summed E-state index contributed by atoms with van der Waals surface area (Å²) in [4.78, 5) is 12.5. The Bertz CT molecular complexity index is 537. The maximum Gasteiger partial charge on any atom is 0.265 e.